The number of anilines is 1. The third kappa shape index (κ3) is 34.6. The number of benzene rings is 6. The van der Waals surface area contributed by atoms with Crippen molar-refractivity contribution in [3.63, 3.8) is 0 Å². The van der Waals surface area contributed by atoms with Crippen molar-refractivity contribution in [3.8, 4) is 0 Å². The van der Waals surface area contributed by atoms with Crippen LogP contribution in [0, 0.1) is 83.8 Å². The molecule has 29 heteroatoms. The molecule has 5 saturated carbocycles. The van der Waals surface area contributed by atoms with Crippen LogP contribution in [0.4, 0.5) is 5.69 Å². The van der Waals surface area contributed by atoms with E-state index in [4.69, 9.17) is 26.8 Å². The van der Waals surface area contributed by atoms with E-state index < -0.39 is 54.8 Å². The molecule has 144 heavy (non-hydrogen) atoms. The fourth-order valence-electron chi connectivity index (χ4n) is 21.8. The van der Waals surface area contributed by atoms with Gasteiger partial charge in [0.15, 0.2) is 49.2 Å². The molecule has 6 aromatic carbocycles. The van der Waals surface area contributed by atoms with Gasteiger partial charge in [-0.05, 0) is 390 Å². The molecule has 7 aromatic rings. The van der Waals surface area contributed by atoms with Crippen molar-refractivity contribution in [3.05, 3.63) is 216 Å². The minimum Gasteiger partial charge on any atom is -0.423 e. The van der Waals surface area contributed by atoms with Gasteiger partial charge in [-0.1, -0.05) is 173 Å². The van der Waals surface area contributed by atoms with E-state index in [0.717, 1.165) is 219 Å². The van der Waals surface area contributed by atoms with Gasteiger partial charge in [0.1, 0.15) is 10.6 Å². The van der Waals surface area contributed by atoms with E-state index in [9.17, 15) is 61.6 Å². The molecule has 1 saturated heterocycles. The van der Waals surface area contributed by atoms with E-state index in [1.54, 1.807) is 75.3 Å². The molecule has 5 N–H and O–H groups in total. The predicted octanol–water partition coefficient (Wildman–Crippen LogP) is 23.8. The Balaban J connectivity index is 0.000000173. The zero-order chi connectivity index (χ0) is 105. The summed E-state index contributed by atoms with van der Waals surface area (Å²) in [5.41, 5.74) is 19.3. The molecule has 6 fully saturated rings. The second-order valence-corrected chi connectivity index (χ2v) is 59.1. The molecule has 5 aliphatic carbocycles. The molecular weight excluding hydrogens is 1950 g/mol. The van der Waals surface area contributed by atoms with Crippen LogP contribution in [0.15, 0.2) is 154 Å². The Morgan fingerprint density at radius 3 is 1.28 bits per heavy atom. The monoisotopic (exact) mass is 2110 g/mol. The summed E-state index contributed by atoms with van der Waals surface area (Å²) in [5.74, 6) is 6.32. The topological polar surface area (TPSA) is 346 Å². The van der Waals surface area contributed by atoms with Crippen LogP contribution >= 0.6 is 23.4 Å². The first-order valence-electron chi connectivity index (χ1n) is 53.6. The Labute approximate surface area is 872 Å². The maximum absolute atomic E-state index is 12.6. The van der Waals surface area contributed by atoms with Gasteiger partial charge < -0.3 is 14.4 Å². The minimum atomic E-state index is -2.96. The van der Waals surface area contributed by atoms with Crippen molar-refractivity contribution < 1.29 is 61.2 Å². The highest BCUT2D eigenvalue weighted by Gasteiger charge is 2.40. The molecule has 0 unspecified atom stereocenters. The van der Waals surface area contributed by atoms with E-state index in [1.807, 2.05) is 92.7 Å². The van der Waals surface area contributed by atoms with Crippen molar-refractivity contribution in [1.29, 1.82) is 10.8 Å². The Morgan fingerprint density at radius 2 is 0.861 bits per heavy atom. The summed E-state index contributed by atoms with van der Waals surface area (Å²) >= 11 is 7.26. The number of aliphatic hydroxyl groups is 1. The summed E-state index contributed by atoms with van der Waals surface area (Å²) < 4.78 is 127. The number of hydrazone groups is 1. The summed E-state index contributed by atoms with van der Waals surface area (Å²) in [7, 11) is -14.7. The maximum Gasteiger partial charge on any atom is 0.336 e. The van der Waals surface area contributed by atoms with Crippen LogP contribution in [-0.4, -0.2) is 160 Å². The highest BCUT2D eigenvalue weighted by molar-refractivity contribution is 8.26. The number of carbonyl (C=O) groups is 2. The molecule has 0 spiro atoms. The molecule has 0 bridgehead atoms. The number of rotatable bonds is 35. The number of nitrogens with one attached hydrogen (secondary N) is 4. The van der Waals surface area contributed by atoms with Gasteiger partial charge in [-0.3, -0.25) is 25.3 Å². The number of fused-ring (bicyclic) bond motifs is 2. The number of imide groups is 1. The van der Waals surface area contributed by atoms with Crippen LogP contribution < -0.4 is 21.5 Å². The van der Waals surface area contributed by atoms with Gasteiger partial charge in [0.05, 0.1) is 89.0 Å². The average molecular weight is 2110 g/mol. The van der Waals surface area contributed by atoms with E-state index in [2.05, 4.69) is 83.3 Å². The van der Waals surface area contributed by atoms with Crippen LogP contribution in [0.5, 0.6) is 0 Å². The van der Waals surface area contributed by atoms with Gasteiger partial charge in [-0.25, -0.2) is 57.8 Å². The van der Waals surface area contributed by atoms with Crippen molar-refractivity contribution in [1.82, 2.24) is 15.9 Å². The van der Waals surface area contributed by atoms with Crippen molar-refractivity contribution in [2.45, 2.75) is 340 Å². The third-order valence-corrected chi connectivity index (χ3v) is 45.3. The summed E-state index contributed by atoms with van der Waals surface area (Å²) in [6, 6.07) is 45.5. The number of amides is 2. The predicted molar refractivity (Wildman–Crippen MR) is 594 cm³/mol. The van der Waals surface area contributed by atoms with Gasteiger partial charge in [0.2, 0.25) is 0 Å². The molecule has 4 heterocycles. The van der Waals surface area contributed by atoms with E-state index in [-0.39, 0.29) is 49.7 Å². The SMILES string of the molecule is CC(C)N1C(=O)c2ccc(CCC3CCC(CS(=O)(=O)C(C)C)CC3)cc2C1=O.CC(C)S(=O)(=O)CC1CCC(CCC(=N)SC(=N)c2ccccc2)CC1.CC(C)S(=O)(=O)CC1CCC(CCc2ccc(C3=NNNC3)cc2)CC1.Cc1c(CCC2CCC(CS(=O)(=O)C(C)C)CC2)ccc2oc(=O)ccc12.Cc1cc(N2CCC(O)(c3ccc(Cl)cc3)CC2)ccc1CCC1CCC(CS(=O)(=O)C(C)C)CC1. The largest absolute Gasteiger partial charge is 0.423 e. The number of hydrazine groups is 1. The first-order chi connectivity index (χ1) is 68.1. The van der Waals surface area contributed by atoms with Crippen LogP contribution in [0.1, 0.15) is 334 Å². The fraction of sp³-hybridized carbons (Fsp3) is 0.617. The van der Waals surface area contributed by atoms with E-state index in [0.29, 0.717) is 133 Å². The number of halogens is 1. The van der Waals surface area contributed by atoms with Gasteiger partial charge in [-0.15, -0.1) is 0 Å². The number of nitrogens with zero attached hydrogens (tertiary/aromatic N) is 3. The molecule has 1 aromatic heterocycles. The number of thioether (sulfide) groups is 1. The summed E-state index contributed by atoms with van der Waals surface area (Å²) in [6.45, 7) is 28.2. The zero-order valence-corrected chi connectivity index (χ0v) is 93.8. The summed E-state index contributed by atoms with van der Waals surface area (Å²) in [4.78, 5) is 40.0. The number of hydrogen-bond donors (Lipinski definition) is 5. The van der Waals surface area contributed by atoms with Crippen molar-refractivity contribution >= 4 is 117 Å². The number of carbonyl (C=O) groups excluding carboxylic acids is 2. The third-order valence-electron chi connectivity index (χ3n) is 32.3. The summed E-state index contributed by atoms with van der Waals surface area (Å²) in [5, 5.41) is 33.0. The second kappa shape index (κ2) is 53.8. The van der Waals surface area contributed by atoms with Gasteiger partial charge in [-0.2, -0.15) is 5.10 Å². The number of sulfone groups is 5. The molecule has 0 radical (unpaired) electrons. The second-order valence-electron chi connectivity index (χ2n) is 44.6. The molecule has 15 rings (SSSR count). The highest BCUT2D eigenvalue weighted by Crippen LogP contribution is 2.42. The number of piperidine rings is 1. The maximum atomic E-state index is 12.6. The fourth-order valence-corrected chi connectivity index (χ4v) is 29.6. The average Bonchev–Trinajstić information content (AvgIpc) is 1.64. The number of hydrogen-bond acceptors (Lipinski definition) is 22. The van der Waals surface area contributed by atoms with Gasteiger partial charge in [0, 0.05) is 46.9 Å². The molecular formula is C115H166ClN7O15S6. The van der Waals surface area contributed by atoms with Crippen LogP contribution in [0.3, 0.4) is 0 Å². The molecule has 3 aliphatic heterocycles. The first kappa shape index (κ1) is 117. The van der Waals surface area contributed by atoms with Gasteiger partial charge in [0.25, 0.3) is 11.8 Å². The molecule has 8 aliphatic rings. The van der Waals surface area contributed by atoms with Crippen molar-refractivity contribution in [2.75, 3.05) is 53.3 Å². The zero-order valence-electron chi connectivity index (χ0n) is 88.1. The lowest BCUT2D eigenvalue weighted by Crippen LogP contribution is -2.42. The standard InChI is InChI=1S/C30H42ClNO3S.C23H33NO4S.C22H30O4S.C20H31N3O2S.C20H30N2O2S2/c1-22(2)36(34,35)21-25-6-4-24(5-7-25)8-9-26-10-15-29(20-23(26)3)32-18-16-30(33,17-19-32)27-11-13-28(31)14-12-27;1-15(2)24-22(25)20-12-11-18(13-21(20)23(24)26)8-5-17-6-9-19(10-7-17)14-29(27,28)16(3)4;1-15(2)27(24,25)14-18-6-4-17(5-7-18)8-9-19-10-12-21-20(16(19)3)11-13-22(23)26-21;1-15(2)26(24,25)14-18-7-5-16(6-8-18)3-4-17-9-11-19(12-10-17)20-13-21-23-22-20;1-15(2)26(23,24)14-17-10-8-16(9-11-17)12-13-19(21)25-20(22)18-6-4-3-5-7-18/h10-15,20,22,24-25,33H,4-9,16-19,21H2,1-3H3;11-13,15-17,19H,5-10,14H2,1-4H3;10-13,15,17-18H,4-9,14H2,1-3H3;9-12,15-16,18,21,23H,3-8,13-14H2,1-2H3;3-7,15-17,21-22H,8-14H2,1-2H3. The van der Waals surface area contributed by atoms with Crippen molar-refractivity contribution in [2.24, 2.45) is 64.3 Å². The summed E-state index contributed by atoms with van der Waals surface area (Å²) in [6.07, 6.45) is 33.1. The Kier molecular flexibility index (Phi) is 43.7. The highest BCUT2D eigenvalue weighted by atomic mass is 35.5. The quantitative estimate of drug-likeness (QED) is 0.0107. The molecule has 794 valence electrons. The van der Waals surface area contributed by atoms with Crippen LogP contribution in [0.25, 0.3) is 11.0 Å². The Hall–Kier alpha value is -7.41. The Bertz CT molecular complexity index is 6080. The van der Waals surface area contributed by atoms with Crippen LogP contribution in [-0.2, 0) is 80.5 Å². The lowest BCUT2D eigenvalue weighted by Gasteiger charge is -2.40. The normalized spacial score (nSPS) is 22.2. The molecule has 2 amide bonds. The van der Waals surface area contributed by atoms with E-state index in [1.165, 1.54) is 81.9 Å². The molecule has 22 nitrogen and oxygen atoms in total. The smallest absolute Gasteiger partial charge is 0.336 e. The molecule has 0 atom stereocenters. The number of aryl methyl sites for hydroxylation is 6. The first-order valence-corrected chi connectivity index (χ1v) is 63.4. The van der Waals surface area contributed by atoms with Gasteiger partial charge >= 0.3 is 5.63 Å². The lowest BCUT2D eigenvalue weighted by molar-refractivity contribution is 0.0117. The van der Waals surface area contributed by atoms with Crippen LogP contribution in [0.2, 0.25) is 5.02 Å². The Morgan fingerprint density at radius 1 is 0.458 bits per heavy atom. The lowest BCUT2D eigenvalue weighted by atomic mass is 9.80. The minimum absolute atomic E-state index is 0.138. The van der Waals surface area contributed by atoms with E-state index >= 15 is 0 Å².